The average Bonchev–Trinajstić information content (AvgIpc) is 2.63. The molecule has 1 atom stereocenters. The second-order valence-corrected chi connectivity index (χ2v) is 5.83. The monoisotopic (exact) mass is 332 g/mol. The molecular formula is C20H20N4O. The second-order valence-electron chi connectivity index (χ2n) is 5.83. The lowest BCUT2D eigenvalue weighted by Gasteiger charge is -2.14. The zero-order valence-electron chi connectivity index (χ0n) is 14.0. The van der Waals surface area contributed by atoms with Crippen LogP contribution in [0.25, 0.3) is 11.1 Å². The number of hydrogen-bond donors (Lipinski definition) is 2. The highest BCUT2D eigenvalue weighted by atomic mass is 16.1. The van der Waals surface area contributed by atoms with Gasteiger partial charge in [0.25, 0.3) is 0 Å². The average molecular weight is 332 g/mol. The summed E-state index contributed by atoms with van der Waals surface area (Å²) in [5.74, 6) is 0.465. The third-order valence-corrected chi connectivity index (χ3v) is 3.68. The molecule has 0 saturated heterocycles. The first-order valence-electron chi connectivity index (χ1n) is 8.19. The molecule has 126 valence electrons. The van der Waals surface area contributed by atoms with Crippen molar-refractivity contribution >= 4 is 17.5 Å². The number of nitrogens with one attached hydrogen (secondary N) is 2. The molecule has 0 spiro atoms. The van der Waals surface area contributed by atoms with Crippen molar-refractivity contribution < 1.29 is 4.79 Å². The molecule has 0 aliphatic carbocycles. The van der Waals surface area contributed by atoms with Crippen LogP contribution in [-0.4, -0.2) is 21.9 Å². The van der Waals surface area contributed by atoms with E-state index in [0.29, 0.717) is 12.4 Å². The highest BCUT2D eigenvalue weighted by Crippen LogP contribution is 2.17. The summed E-state index contributed by atoms with van der Waals surface area (Å²) in [6, 6.07) is 19.3. The van der Waals surface area contributed by atoms with Crippen LogP contribution < -0.4 is 10.6 Å². The number of nitrogens with zero attached hydrogens (tertiary/aromatic N) is 2. The quantitative estimate of drug-likeness (QED) is 0.717. The maximum absolute atomic E-state index is 12.1. The number of benzene rings is 2. The molecule has 1 unspecified atom stereocenters. The van der Waals surface area contributed by atoms with Gasteiger partial charge in [-0.1, -0.05) is 48.5 Å². The van der Waals surface area contributed by atoms with Gasteiger partial charge in [-0.3, -0.25) is 4.79 Å². The van der Waals surface area contributed by atoms with Crippen LogP contribution in [0.1, 0.15) is 13.3 Å². The van der Waals surface area contributed by atoms with Crippen LogP contribution in [0.4, 0.5) is 11.6 Å². The first kappa shape index (κ1) is 16.6. The lowest BCUT2D eigenvalue weighted by atomic mass is 10.1. The predicted octanol–water partition coefficient (Wildman–Crippen LogP) is 3.97. The van der Waals surface area contributed by atoms with Gasteiger partial charge in [-0.25, -0.2) is 9.97 Å². The van der Waals surface area contributed by atoms with Crippen molar-refractivity contribution in [2.24, 2.45) is 0 Å². The molecule has 0 aliphatic rings. The Morgan fingerprint density at radius 2 is 1.52 bits per heavy atom. The first-order valence-corrected chi connectivity index (χ1v) is 8.19. The number of carbonyl (C=O) groups is 1. The lowest BCUT2D eigenvalue weighted by molar-refractivity contribution is -0.116. The van der Waals surface area contributed by atoms with Gasteiger partial charge in [0, 0.05) is 36.1 Å². The molecule has 0 fully saturated rings. The molecule has 0 aliphatic heterocycles. The van der Waals surface area contributed by atoms with Crippen molar-refractivity contribution in [3.8, 4) is 11.1 Å². The van der Waals surface area contributed by atoms with E-state index in [1.165, 1.54) is 0 Å². The van der Waals surface area contributed by atoms with Crippen molar-refractivity contribution in [1.82, 2.24) is 9.97 Å². The molecule has 2 N–H and O–H groups in total. The summed E-state index contributed by atoms with van der Waals surface area (Å²) in [6.45, 7) is 1.93. The molecule has 5 heteroatoms. The standard InChI is InChI=1S/C20H20N4O/c1-15(12-19(25)24-18-10-6-3-7-11-18)23-20-21-13-17(14-22-20)16-8-4-2-5-9-16/h2-11,13-15H,12H2,1H3,(H,24,25)(H,21,22,23). The number of hydrogen-bond acceptors (Lipinski definition) is 4. The number of carbonyl (C=O) groups excluding carboxylic acids is 1. The van der Waals surface area contributed by atoms with Crippen molar-refractivity contribution in [2.75, 3.05) is 10.6 Å². The van der Waals surface area contributed by atoms with Crippen molar-refractivity contribution in [1.29, 1.82) is 0 Å². The third kappa shape index (κ3) is 4.88. The minimum absolute atomic E-state index is 0.0490. The van der Waals surface area contributed by atoms with Gasteiger partial charge in [-0.05, 0) is 24.6 Å². The van der Waals surface area contributed by atoms with E-state index in [9.17, 15) is 4.79 Å². The summed E-state index contributed by atoms with van der Waals surface area (Å²) >= 11 is 0. The fourth-order valence-corrected chi connectivity index (χ4v) is 2.47. The molecule has 1 aromatic heterocycles. The molecule has 2 aromatic carbocycles. The van der Waals surface area contributed by atoms with Crippen LogP contribution in [0.3, 0.4) is 0 Å². The highest BCUT2D eigenvalue weighted by molar-refractivity contribution is 5.91. The minimum atomic E-state index is -0.0775. The Kier molecular flexibility index (Phi) is 5.36. The molecule has 0 radical (unpaired) electrons. The zero-order chi connectivity index (χ0) is 17.5. The zero-order valence-corrected chi connectivity index (χ0v) is 14.0. The second kappa shape index (κ2) is 8.06. The van der Waals surface area contributed by atoms with Crippen LogP contribution in [0, 0.1) is 0 Å². The van der Waals surface area contributed by atoms with Gasteiger partial charge >= 0.3 is 0 Å². The summed E-state index contributed by atoms with van der Waals surface area (Å²) < 4.78 is 0. The number of para-hydroxylation sites is 1. The van der Waals surface area contributed by atoms with E-state index in [0.717, 1.165) is 16.8 Å². The van der Waals surface area contributed by atoms with Crippen LogP contribution >= 0.6 is 0 Å². The predicted molar refractivity (Wildman–Crippen MR) is 100 cm³/mol. The Morgan fingerprint density at radius 3 is 2.16 bits per heavy atom. The molecule has 1 heterocycles. The number of rotatable bonds is 6. The molecule has 1 amide bonds. The molecule has 0 bridgehead atoms. The molecular weight excluding hydrogens is 312 g/mol. The summed E-state index contributed by atoms with van der Waals surface area (Å²) in [6.07, 6.45) is 3.89. The van der Waals surface area contributed by atoms with Crippen molar-refractivity contribution in [3.63, 3.8) is 0 Å². The Labute approximate surface area is 147 Å². The summed E-state index contributed by atoms with van der Waals surface area (Å²) in [4.78, 5) is 20.7. The van der Waals surface area contributed by atoms with Crippen LogP contribution in [-0.2, 0) is 4.79 Å². The maximum atomic E-state index is 12.1. The summed E-state index contributed by atoms with van der Waals surface area (Å²) in [5, 5.41) is 6.02. The molecule has 5 nitrogen and oxygen atoms in total. The van der Waals surface area contributed by atoms with E-state index in [4.69, 9.17) is 0 Å². The summed E-state index contributed by atoms with van der Waals surface area (Å²) in [7, 11) is 0. The van der Waals surface area contributed by atoms with Gasteiger partial charge < -0.3 is 10.6 Å². The normalized spacial score (nSPS) is 11.6. The molecule has 3 aromatic rings. The van der Waals surface area contributed by atoms with Gasteiger partial charge in [-0.15, -0.1) is 0 Å². The fraction of sp³-hybridized carbons (Fsp3) is 0.150. The van der Waals surface area contributed by atoms with Gasteiger partial charge in [0.05, 0.1) is 0 Å². The van der Waals surface area contributed by atoms with E-state index in [-0.39, 0.29) is 11.9 Å². The Balaban J connectivity index is 1.54. The van der Waals surface area contributed by atoms with Gasteiger partial charge in [-0.2, -0.15) is 0 Å². The number of aromatic nitrogens is 2. The largest absolute Gasteiger partial charge is 0.351 e. The van der Waals surface area contributed by atoms with Crippen LogP contribution in [0.15, 0.2) is 73.1 Å². The van der Waals surface area contributed by atoms with E-state index in [1.54, 1.807) is 12.4 Å². The Morgan fingerprint density at radius 1 is 0.920 bits per heavy atom. The lowest BCUT2D eigenvalue weighted by Crippen LogP contribution is -2.24. The minimum Gasteiger partial charge on any atom is -0.351 e. The van der Waals surface area contributed by atoms with Crippen LogP contribution in [0.2, 0.25) is 0 Å². The number of anilines is 2. The summed E-state index contributed by atoms with van der Waals surface area (Å²) in [5.41, 5.74) is 2.83. The smallest absolute Gasteiger partial charge is 0.226 e. The van der Waals surface area contributed by atoms with Crippen molar-refractivity contribution in [2.45, 2.75) is 19.4 Å². The SMILES string of the molecule is CC(CC(=O)Nc1ccccc1)Nc1ncc(-c2ccccc2)cn1. The first-order chi connectivity index (χ1) is 12.2. The maximum Gasteiger partial charge on any atom is 0.226 e. The molecule has 0 saturated carbocycles. The van der Waals surface area contributed by atoms with Crippen molar-refractivity contribution in [3.05, 3.63) is 73.1 Å². The fourth-order valence-electron chi connectivity index (χ4n) is 2.47. The molecule has 3 rings (SSSR count). The van der Waals surface area contributed by atoms with Gasteiger partial charge in [0.1, 0.15) is 0 Å². The van der Waals surface area contributed by atoms with Crippen LogP contribution in [0.5, 0.6) is 0 Å². The molecule has 25 heavy (non-hydrogen) atoms. The third-order valence-electron chi connectivity index (χ3n) is 3.68. The van der Waals surface area contributed by atoms with E-state index >= 15 is 0 Å². The van der Waals surface area contributed by atoms with Gasteiger partial charge in [0.2, 0.25) is 11.9 Å². The Hall–Kier alpha value is -3.21. The van der Waals surface area contributed by atoms with Gasteiger partial charge in [0.15, 0.2) is 0 Å². The Bertz CT molecular complexity index is 804. The van der Waals surface area contributed by atoms with E-state index in [2.05, 4.69) is 20.6 Å². The van der Waals surface area contributed by atoms with E-state index in [1.807, 2.05) is 67.6 Å². The van der Waals surface area contributed by atoms with E-state index < -0.39 is 0 Å². The number of amides is 1. The topological polar surface area (TPSA) is 66.9 Å². The highest BCUT2D eigenvalue weighted by Gasteiger charge is 2.10.